The number of aryl methyl sites for hydroxylation is 1. The van der Waals surface area contributed by atoms with Crippen molar-refractivity contribution in [2.75, 3.05) is 26.8 Å². The largest absolute Gasteiger partial charge is 0.465 e. The van der Waals surface area contributed by atoms with Gasteiger partial charge in [-0.2, -0.15) is 0 Å². The van der Waals surface area contributed by atoms with Gasteiger partial charge in [0.15, 0.2) is 0 Å². The number of pyridine rings is 1. The maximum absolute atomic E-state index is 12.2. The molecule has 0 bridgehead atoms. The number of unbranched alkanes of at least 4 members (excludes halogenated alkanes) is 1. The van der Waals surface area contributed by atoms with Gasteiger partial charge in [0.2, 0.25) is 0 Å². The molecule has 2 heterocycles. The molecule has 1 amide bonds. The van der Waals surface area contributed by atoms with Crippen molar-refractivity contribution in [1.29, 1.82) is 0 Å². The van der Waals surface area contributed by atoms with Gasteiger partial charge in [-0.25, -0.2) is 9.59 Å². The lowest BCUT2D eigenvalue weighted by Gasteiger charge is -2.31. The van der Waals surface area contributed by atoms with Crippen LogP contribution in [0.25, 0.3) is 11.3 Å². The summed E-state index contributed by atoms with van der Waals surface area (Å²) in [5, 5.41) is 0. The smallest absolute Gasteiger partial charge is 0.409 e. The zero-order valence-corrected chi connectivity index (χ0v) is 18.0. The average Bonchev–Trinajstić information content (AvgIpc) is 2.78. The first-order valence-corrected chi connectivity index (χ1v) is 10.6. The number of amides is 1. The molecular formula is C24H30N2O4. The number of carbonyl (C=O) groups is 2. The zero-order valence-electron chi connectivity index (χ0n) is 18.0. The minimum atomic E-state index is -0.353. The third-order valence-electron chi connectivity index (χ3n) is 5.53. The molecule has 160 valence electrons. The molecule has 2 aromatic rings. The summed E-state index contributed by atoms with van der Waals surface area (Å²) >= 11 is 0. The molecule has 0 atom stereocenters. The van der Waals surface area contributed by atoms with E-state index in [9.17, 15) is 9.59 Å². The Balaban J connectivity index is 1.69. The quantitative estimate of drug-likeness (QED) is 0.497. The molecular weight excluding hydrogens is 380 g/mol. The van der Waals surface area contributed by atoms with Crippen molar-refractivity contribution >= 4 is 12.1 Å². The van der Waals surface area contributed by atoms with Gasteiger partial charge in [0.05, 0.1) is 25.0 Å². The minimum absolute atomic E-state index is 0.201. The SMILES string of the molecule is CCCCOC(=O)N1CCC(c2ccnc(-c3cc(C)cc(C(=O)OC)c3)c2)CC1. The fraction of sp³-hybridized carbons (Fsp3) is 0.458. The molecule has 1 saturated heterocycles. The van der Waals surface area contributed by atoms with E-state index in [0.29, 0.717) is 31.2 Å². The highest BCUT2D eigenvalue weighted by Crippen LogP contribution is 2.31. The number of likely N-dealkylation sites (tertiary alicyclic amines) is 1. The Morgan fingerprint density at radius 1 is 1.17 bits per heavy atom. The maximum Gasteiger partial charge on any atom is 0.409 e. The Bertz CT molecular complexity index is 889. The van der Waals surface area contributed by atoms with Crippen molar-refractivity contribution in [2.24, 2.45) is 0 Å². The number of methoxy groups -OCH3 is 1. The minimum Gasteiger partial charge on any atom is -0.465 e. The molecule has 1 aliphatic heterocycles. The highest BCUT2D eigenvalue weighted by Gasteiger charge is 2.25. The molecule has 0 aliphatic carbocycles. The van der Waals surface area contributed by atoms with Crippen LogP contribution in [-0.4, -0.2) is 48.8 Å². The molecule has 6 nitrogen and oxygen atoms in total. The van der Waals surface area contributed by atoms with Crippen LogP contribution in [0.4, 0.5) is 4.79 Å². The molecule has 30 heavy (non-hydrogen) atoms. The van der Waals surface area contributed by atoms with Crippen LogP contribution in [0.5, 0.6) is 0 Å². The summed E-state index contributed by atoms with van der Waals surface area (Å²) < 4.78 is 10.2. The summed E-state index contributed by atoms with van der Waals surface area (Å²) in [6.45, 7) is 5.92. The molecule has 1 aliphatic rings. The lowest BCUT2D eigenvalue weighted by atomic mass is 9.89. The van der Waals surface area contributed by atoms with E-state index in [1.54, 1.807) is 4.90 Å². The highest BCUT2D eigenvalue weighted by atomic mass is 16.6. The van der Waals surface area contributed by atoms with Crippen molar-refractivity contribution in [3.8, 4) is 11.3 Å². The van der Waals surface area contributed by atoms with Gasteiger partial charge in [-0.05, 0) is 73.6 Å². The van der Waals surface area contributed by atoms with Crippen molar-refractivity contribution < 1.29 is 19.1 Å². The number of rotatable bonds is 6. The first-order chi connectivity index (χ1) is 14.5. The Morgan fingerprint density at radius 3 is 2.63 bits per heavy atom. The zero-order chi connectivity index (χ0) is 21.5. The summed E-state index contributed by atoms with van der Waals surface area (Å²) in [7, 11) is 1.38. The summed E-state index contributed by atoms with van der Waals surface area (Å²) in [5.74, 6) is 0.0191. The topological polar surface area (TPSA) is 68.7 Å². The molecule has 3 rings (SSSR count). The number of piperidine rings is 1. The van der Waals surface area contributed by atoms with Crippen LogP contribution >= 0.6 is 0 Å². The van der Waals surface area contributed by atoms with E-state index in [0.717, 1.165) is 42.5 Å². The second-order valence-electron chi connectivity index (χ2n) is 7.78. The number of aromatic nitrogens is 1. The number of carbonyl (C=O) groups excluding carboxylic acids is 2. The fourth-order valence-electron chi connectivity index (χ4n) is 3.82. The molecule has 0 unspecified atom stereocenters. The summed E-state index contributed by atoms with van der Waals surface area (Å²) in [6.07, 6.45) is 5.32. The Hall–Kier alpha value is -2.89. The number of benzene rings is 1. The van der Waals surface area contributed by atoms with E-state index >= 15 is 0 Å². The van der Waals surface area contributed by atoms with Gasteiger partial charge in [0.1, 0.15) is 0 Å². The van der Waals surface area contributed by atoms with E-state index in [4.69, 9.17) is 9.47 Å². The molecule has 1 aromatic carbocycles. The van der Waals surface area contributed by atoms with Gasteiger partial charge >= 0.3 is 12.1 Å². The number of esters is 1. The normalized spacial score (nSPS) is 14.4. The van der Waals surface area contributed by atoms with Crippen LogP contribution < -0.4 is 0 Å². The lowest BCUT2D eigenvalue weighted by molar-refractivity contribution is 0.0600. The third kappa shape index (κ3) is 5.38. The maximum atomic E-state index is 12.2. The summed E-state index contributed by atoms with van der Waals surface area (Å²) in [4.78, 5) is 30.4. The summed E-state index contributed by atoms with van der Waals surface area (Å²) in [5.41, 5.74) is 4.45. The van der Waals surface area contributed by atoms with Gasteiger partial charge in [-0.3, -0.25) is 4.98 Å². The van der Waals surface area contributed by atoms with Gasteiger partial charge in [0.25, 0.3) is 0 Å². The van der Waals surface area contributed by atoms with Crippen molar-refractivity contribution in [3.63, 3.8) is 0 Å². The van der Waals surface area contributed by atoms with Crippen LogP contribution in [0.2, 0.25) is 0 Å². The molecule has 0 N–H and O–H groups in total. The van der Waals surface area contributed by atoms with Gasteiger partial charge in [0, 0.05) is 24.8 Å². The van der Waals surface area contributed by atoms with Crippen molar-refractivity contribution in [2.45, 2.75) is 45.4 Å². The second-order valence-corrected chi connectivity index (χ2v) is 7.78. The molecule has 0 radical (unpaired) electrons. The molecule has 1 aromatic heterocycles. The number of ether oxygens (including phenoxy) is 2. The van der Waals surface area contributed by atoms with Gasteiger partial charge in [-0.1, -0.05) is 13.3 Å². The van der Waals surface area contributed by atoms with Crippen molar-refractivity contribution in [1.82, 2.24) is 9.88 Å². The second kappa shape index (κ2) is 10.2. The van der Waals surface area contributed by atoms with Crippen molar-refractivity contribution in [3.05, 3.63) is 53.2 Å². The van der Waals surface area contributed by atoms with Gasteiger partial charge in [-0.15, -0.1) is 0 Å². The van der Waals surface area contributed by atoms with Crippen LogP contribution in [0.1, 0.15) is 60.0 Å². The van der Waals surface area contributed by atoms with E-state index in [2.05, 4.69) is 18.0 Å². The van der Waals surface area contributed by atoms with Crippen LogP contribution in [0, 0.1) is 6.92 Å². The number of hydrogen-bond donors (Lipinski definition) is 0. The highest BCUT2D eigenvalue weighted by molar-refractivity contribution is 5.91. The van der Waals surface area contributed by atoms with E-state index in [1.807, 2.05) is 37.4 Å². The average molecular weight is 411 g/mol. The van der Waals surface area contributed by atoms with E-state index in [1.165, 1.54) is 12.7 Å². The Morgan fingerprint density at radius 2 is 1.93 bits per heavy atom. The van der Waals surface area contributed by atoms with Crippen LogP contribution in [0.3, 0.4) is 0 Å². The summed E-state index contributed by atoms with van der Waals surface area (Å²) in [6, 6.07) is 9.79. The molecule has 1 fully saturated rings. The monoisotopic (exact) mass is 410 g/mol. The van der Waals surface area contributed by atoms with Gasteiger partial charge < -0.3 is 14.4 Å². The molecule has 0 spiro atoms. The Labute approximate surface area is 178 Å². The van der Waals surface area contributed by atoms with Crippen LogP contribution in [-0.2, 0) is 9.47 Å². The fourth-order valence-corrected chi connectivity index (χ4v) is 3.82. The van der Waals surface area contributed by atoms with E-state index in [-0.39, 0.29) is 12.1 Å². The Kier molecular flexibility index (Phi) is 7.44. The first-order valence-electron chi connectivity index (χ1n) is 10.6. The number of nitrogens with zero attached hydrogens (tertiary/aromatic N) is 2. The van der Waals surface area contributed by atoms with E-state index < -0.39 is 0 Å². The van der Waals surface area contributed by atoms with Crippen LogP contribution in [0.15, 0.2) is 36.5 Å². The lowest BCUT2D eigenvalue weighted by Crippen LogP contribution is -2.38. The molecule has 6 heteroatoms. The predicted molar refractivity (Wildman–Crippen MR) is 116 cm³/mol. The standard InChI is InChI=1S/C24H30N2O4/c1-4-5-12-30-24(28)26-10-7-18(8-11-26)19-6-9-25-22(16-19)20-13-17(2)14-21(15-20)23(27)29-3/h6,9,13-16,18H,4-5,7-8,10-12H2,1-3H3. The first kappa shape index (κ1) is 21.8. The number of hydrogen-bond acceptors (Lipinski definition) is 5. The predicted octanol–water partition coefficient (Wildman–Crippen LogP) is 4.96. The molecule has 0 saturated carbocycles. The third-order valence-corrected chi connectivity index (χ3v) is 5.53.